The lowest BCUT2D eigenvalue weighted by molar-refractivity contribution is -0.136. The molecule has 4 N–H and O–H groups in total. The molecule has 0 radical (unpaired) electrons. The summed E-state index contributed by atoms with van der Waals surface area (Å²) in [6.07, 6.45) is 0. The molecule has 0 atom stereocenters. The number of hydrogen-bond acceptors (Lipinski definition) is 3. The number of benzene rings is 2. The van der Waals surface area contributed by atoms with Gasteiger partial charge in [0, 0.05) is 6.54 Å². The number of halogens is 1. The summed E-state index contributed by atoms with van der Waals surface area (Å²) >= 11 is 0. The summed E-state index contributed by atoms with van der Waals surface area (Å²) in [4.78, 5) is 23.5. The van der Waals surface area contributed by atoms with Gasteiger partial charge in [-0.15, -0.1) is 0 Å². The van der Waals surface area contributed by atoms with Crippen LogP contribution in [-0.2, 0) is 16.1 Å². The Morgan fingerprint density at radius 2 is 1.77 bits per heavy atom. The van der Waals surface area contributed by atoms with Crippen LogP contribution in [0.5, 0.6) is 0 Å². The topological polar surface area (TPSA) is 84.2 Å². The quantitative estimate of drug-likeness (QED) is 0.598. The van der Waals surface area contributed by atoms with Crippen LogP contribution in [0.25, 0.3) is 0 Å². The van der Waals surface area contributed by atoms with Gasteiger partial charge in [0.05, 0.1) is 11.4 Å². The average molecular weight is 301 g/mol. The number of carbonyl (C=O) groups is 2. The summed E-state index contributed by atoms with van der Waals surface area (Å²) in [5.74, 6) is -1.95. The minimum atomic E-state index is -0.808. The molecule has 0 fully saturated rings. The predicted octanol–water partition coefficient (Wildman–Crippen LogP) is 1.97. The highest BCUT2D eigenvalue weighted by Gasteiger charge is 2.14. The van der Waals surface area contributed by atoms with Crippen molar-refractivity contribution in [3.05, 3.63) is 59.4 Å². The van der Waals surface area contributed by atoms with Crippen molar-refractivity contribution < 1.29 is 14.0 Å². The van der Waals surface area contributed by atoms with Gasteiger partial charge in [-0.05, 0) is 42.3 Å². The molecule has 6 heteroatoms. The number of nitrogen functional groups attached to an aromatic ring is 1. The second-order valence-electron chi connectivity index (χ2n) is 4.85. The van der Waals surface area contributed by atoms with E-state index in [9.17, 15) is 14.0 Å². The van der Waals surface area contributed by atoms with E-state index in [0.29, 0.717) is 16.9 Å². The van der Waals surface area contributed by atoms with E-state index in [1.165, 1.54) is 24.3 Å². The van der Waals surface area contributed by atoms with E-state index in [4.69, 9.17) is 5.73 Å². The van der Waals surface area contributed by atoms with Crippen molar-refractivity contribution in [2.75, 3.05) is 11.1 Å². The Balaban J connectivity index is 1.92. The number of carbonyl (C=O) groups excluding carboxylic acids is 2. The highest BCUT2D eigenvalue weighted by atomic mass is 19.1. The van der Waals surface area contributed by atoms with E-state index in [1.54, 1.807) is 18.2 Å². The monoisotopic (exact) mass is 301 g/mol. The number of aryl methyl sites for hydroxylation is 1. The van der Waals surface area contributed by atoms with Crippen LogP contribution in [0.3, 0.4) is 0 Å². The Labute approximate surface area is 127 Å². The van der Waals surface area contributed by atoms with Crippen molar-refractivity contribution in [1.29, 1.82) is 0 Å². The van der Waals surface area contributed by atoms with Crippen LogP contribution in [0.4, 0.5) is 15.8 Å². The van der Waals surface area contributed by atoms with Crippen molar-refractivity contribution in [3.63, 3.8) is 0 Å². The molecule has 0 aliphatic carbocycles. The molecule has 0 heterocycles. The van der Waals surface area contributed by atoms with E-state index >= 15 is 0 Å². The first kappa shape index (κ1) is 15.5. The minimum Gasteiger partial charge on any atom is -0.397 e. The molecule has 0 aliphatic rings. The fraction of sp³-hybridized carbons (Fsp3) is 0.125. The highest BCUT2D eigenvalue weighted by molar-refractivity contribution is 6.39. The van der Waals surface area contributed by atoms with Gasteiger partial charge < -0.3 is 16.4 Å². The van der Waals surface area contributed by atoms with Crippen LogP contribution in [0.1, 0.15) is 11.1 Å². The summed E-state index contributed by atoms with van der Waals surface area (Å²) in [7, 11) is 0. The molecule has 0 aliphatic heterocycles. The average Bonchev–Trinajstić information content (AvgIpc) is 2.49. The fourth-order valence-electron chi connectivity index (χ4n) is 1.84. The normalized spacial score (nSPS) is 10.1. The van der Waals surface area contributed by atoms with E-state index in [-0.39, 0.29) is 12.4 Å². The Morgan fingerprint density at radius 3 is 2.41 bits per heavy atom. The van der Waals surface area contributed by atoms with Crippen LogP contribution in [-0.4, -0.2) is 11.8 Å². The third-order valence-electron chi connectivity index (χ3n) is 3.03. The first-order valence-corrected chi connectivity index (χ1v) is 6.65. The molecular formula is C16H16FN3O2. The van der Waals surface area contributed by atoms with Gasteiger partial charge in [0.15, 0.2) is 0 Å². The lowest BCUT2D eigenvalue weighted by Crippen LogP contribution is -2.35. The molecule has 0 spiro atoms. The van der Waals surface area contributed by atoms with E-state index in [1.807, 2.05) is 6.92 Å². The smallest absolute Gasteiger partial charge is 0.313 e. The van der Waals surface area contributed by atoms with Crippen LogP contribution in [0.2, 0.25) is 0 Å². The first-order valence-electron chi connectivity index (χ1n) is 6.65. The molecule has 2 aromatic carbocycles. The van der Waals surface area contributed by atoms with Gasteiger partial charge in [0.1, 0.15) is 5.82 Å². The zero-order valence-electron chi connectivity index (χ0n) is 12.0. The number of nitrogens with two attached hydrogens (primary N) is 1. The SMILES string of the molecule is Cc1ccc(NC(=O)C(=O)NCc2ccc(F)cc2)c(N)c1. The summed E-state index contributed by atoms with van der Waals surface area (Å²) < 4.78 is 12.8. The van der Waals surface area contributed by atoms with Crippen molar-refractivity contribution in [1.82, 2.24) is 5.32 Å². The van der Waals surface area contributed by atoms with Gasteiger partial charge in [-0.1, -0.05) is 18.2 Å². The molecule has 5 nitrogen and oxygen atoms in total. The molecule has 22 heavy (non-hydrogen) atoms. The Bertz CT molecular complexity index is 699. The maximum Gasteiger partial charge on any atom is 0.313 e. The third-order valence-corrected chi connectivity index (χ3v) is 3.03. The number of anilines is 2. The number of hydrogen-bond donors (Lipinski definition) is 3. The molecular weight excluding hydrogens is 285 g/mol. The van der Waals surface area contributed by atoms with E-state index in [0.717, 1.165) is 5.56 Å². The lowest BCUT2D eigenvalue weighted by atomic mass is 10.2. The Hall–Kier alpha value is -2.89. The van der Waals surface area contributed by atoms with Crippen molar-refractivity contribution in [2.24, 2.45) is 0 Å². The molecule has 0 unspecified atom stereocenters. The Morgan fingerprint density at radius 1 is 1.09 bits per heavy atom. The molecule has 2 amide bonds. The summed E-state index contributed by atoms with van der Waals surface area (Å²) in [5.41, 5.74) is 8.18. The molecule has 0 aromatic heterocycles. The predicted molar refractivity (Wildman–Crippen MR) is 82.5 cm³/mol. The van der Waals surface area contributed by atoms with Crippen LogP contribution >= 0.6 is 0 Å². The third kappa shape index (κ3) is 4.05. The van der Waals surface area contributed by atoms with Crippen molar-refractivity contribution in [2.45, 2.75) is 13.5 Å². The fourth-order valence-corrected chi connectivity index (χ4v) is 1.84. The highest BCUT2D eigenvalue weighted by Crippen LogP contribution is 2.19. The summed E-state index contributed by atoms with van der Waals surface area (Å²) in [6, 6.07) is 10.8. The molecule has 2 rings (SSSR count). The Kier molecular flexibility index (Phi) is 4.73. The first-order chi connectivity index (χ1) is 10.5. The zero-order valence-corrected chi connectivity index (χ0v) is 12.0. The number of nitrogens with one attached hydrogen (secondary N) is 2. The van der Waals surface area contributed by atoms with Gasteiger partial charge in [-0.25, -0.2) is 4.39 Å². The number of rotatable bonds is 3. The van der Waals surface area contributed by atoms with Crippen LogP contribution in [0.15, 0.2) is 42.5 Å². The van der Waals surface area contributed by atoms with E-state index < -0.39 is 11.8 Å². The maximum absolute atomic E-state index is 12.8. The molecule has 2 aromatic rings. The minimum absolute atomic E-state index is 0.135. The van der Waals surface area contributed by atoms with Gasteiger partial charge in [-0.2, -0.15) is 0 Å². The molecule has 114 valence electrons. The molecule has 0 bridgehead atoms. The zero-order chi connectivity index (χ0) is 16.1. The van der Waals surface area contributed by atoms with E-state index in [2.05, 4.69) is 10.6 Å². The van der Waals surface area contributed by atoms with Gasteiger partial charge in [-0.3, -0.25) is 9.59 Å². The van der Waals surface area contributed by atoms with Gasteiger partial charge in [0.25, 0.3) is 0 Å². The van der Waals surface area contributed by atoms with Crippen molar-refractivity contribution >= 4 is 23.2 Å². The second kappa shape index (κ2) is 6.71. The van der Waals surface area contributed by atoms with Gasteiger partial charge in [0.2, 0.25) is 0 Å². The summed E-state index contributed by atoms with van der Waals surface area (Å²) in [6.45, 7) is 2.01. The number of amides is 2. The maximum atomic E-state index is 12.8. The summed E-state index contributed by atoms with van der Waals surface area (Å²) in [5, 5.41) is 4.90. The molecule has 0 saturated carbocycles. The van der Waals surface area contributed by atoms with Crippen LogP contribution < -0.4 is 16.4 Å². The van der Waals surface area contributed by atoms with Crippen LogP contribution in [0, 0.1) is 12.7 Å². The lowest BCUT2D eigenvalue weighted by Gasteiger charge is -2.09. The molecule has 0 saturated heterocycles. The van der Waals surface area contributed by atoms with Gasteiger partial charge >= 0.3 is 11.8 Å². The largest absolute Gasteiger partial charge is 0.397 e. The second-order valence-corrected chi connectivity index (χ2v) is 4.85. The van der Waals surface area contributed by atoms with Crippen molar-refractivity contribution in [3.8, 4) is 0 Å². The standard InChI is InChI=1S/C16H16FN3O2/c1-10-2-7-14(13(18)8-10)20-16(22)15(21)19-9-11-3-5-12(17)6-4-11/h2-8H,9,18H2,1H3,(H,19,21)(H,20,22).